The molecular weight excluding hydrogens is 242 g/mol. The Morgan fingerprint density at radius 2 is 1.94 bits per heavy atom. The first kappa shape index (κ1) is 11.3. The lowest BCUT2D eigenvalue weighted by molar-refractivity contribution is 0.101. The van der Waals surface area contributed by atoms with Gasteiger partial charge >= 0.3 is 0 Å². The fourth-order valence-electron chi connectivity index (χ4n) is 1.42. The molecule has 2 nitrogen and oxygen atoms in total. The second-order valence-corrected chi connectivity index (χ2v) is 4.93. The van der Waals surface area contributed by atoms with Crippen LogP contribution in [0.2, 0.25) is 5.02 Å². The quantitative estimate of drug-likeness (QED) is 0.756. The van der Waals surface area contributed by atoms with Crippen molar-refractivity contribution in [1.82, 2.24) is 4.98 Å². The van der Waals surface area contributed by atoms with E-state index in [-0.39, 0.29) is 5.78 Å². The van der Waals surface area contributed by atoms with Crippen LogP contribution in [-0.2, 0) is 0 Å². The number of carbonyl (C=O) groups excluding carboxylic acids is 1. The average molecular weight is 252 g/mol. The van der Waals surface area contributed by atoms with E-state index in [9.17, 15) is 4.79 Å². The van der Waals surface area contributed by atoms with Gasteiger partial charge in [0, 0.05) is 11.9 Å². The van der Waals surface area contributed by atoms with Crippen LogP contribution in [0.25, 0.3) is 10.4 Å². The van der Waals surface area contributed by atoms with Gasteiger partial charge in [-0.2, -0.15) is 0 Å². The van der Waals surface area contributed by atoms with Crippen molar-refractivity contribution in [2.45, 2.75) is 13.8 Å². The molecule has 0 saturated carbocycles. The molecule has 0 unspecified atom stereocenters. The molecule has 0 atom stereocenters. The van der Waals surface area contributed by atoms with Crippen molar-refractivity contribution >= 4 is 28.7 Å². The minimum Gasteiger partial charge on any atom is -0.292 e. The molecule has 0 amide bonds. The number of halogens is 1. The van der Waals surface area contributed by atoms with E-state index in [1.807, 2.05) is 31.2 Å². The van der Waals surface area contributed by atoms with Crippen molar-refractivity contribution in [3.63, 3.8) is 0 Å². The summed E-state index contributed by atoms with van der Waals surface area (Å²) in [6, 6.07) is 7.55. The third-order valence-electron chi connectivity index (χ3n) is 2.20. The van der Waals surface area contributed by atoms with Crippen molar-refractivity contribution < 1.29 is 4.79 Å². The normalized spacial score (nSPS) is 10.4. The summed E-state index contributed by atoms with van der Waals surface area (Å²) < 4.78 is 0. The van der Waals surface area contributed by atoms with Crippen LogP contribution in [0.1, 0.15) is 22.4 Å². The summed E-state index contributed by atoms with van der Waals surface area (Å²) in [5.41, 5.74) is 1.93. The zero-order valence-corrected chi connectivity index (χ0v) is 10.5. The fraction of sp³-hybridized carbons (Fsp3) is 0.167. The third-order valence-corrected chi connectivity index (χ3v) is 3.76. The van der Waals surface area contributed by atoms with Gasteiger partial charge in [0.1, 0.15) is 0 Å². The molecule has 82 valence electrons. The van der Waals surface area contributed by atoms with Gasteiger partial charge in [-0.3, -0.25) is 4.79 Å². The van der Waals surface area contributed by atoms with Gasteiger partial charge < -0.3 is 0 Å². The predicted octanol–water partition coefficient (Wildman–Crippen LogP) is 3.97. The van der Waals surface area contributed by atoms with Gasteiger partial charge in [0.05, 0.1) is 10.6 Å². The first-order chi connectivity index (χ1) is 7.58. The summed E-state index contributed by atoms with van der Waals surface area (Å²) in [6.45, 7) is 3.44. The van der Waals surface area contributed by atoms with Crippen LogP contribution < -0.4 is 0 Å². The third kappa shape index (κ3) is 2.15. The van der Waals surface area contributed by atoms with E-state index in [0.29, 0.717) is 10.0 Å². The van der Waals surface area contributed by atoms with E-state index in [4.69, 9.17) is 11.6 Å². The van der Waals surface area contributed by atoms with Crippen molar-refractivity contribution in [2.75, 3.05) is 0 Å². The lowest BCUT2D eigenvalue weighted by atomic mass is 10.2. The first-order valence-corrected chi connectivity index (χ1v) is 6.01. The molecule has 4 heteroatoms. The van der Waals surface area contributed by atoms with E-state index in [0.717, 1.165) is 16.1 Å². The molecular formula is C12H10ClNOS. The van der Waals surface area contributed by atoms with Crippen LogP contribution >= 0.6 is 22.9 Å². The summed E-state index contributed by atoms with van der Waals surface area (Å²) in [5, 5.41) is 1.26. The van der Waals surface area contributed by atoms with E-state index in [1.54, 1.807) is 0 Å². The van der Waals surface area contributed by atoms with Crippen molar-refractivity contribution in [3.8, 4) is 10.4 Å². The number of hydrogen-bond donors (Lipinski definition) is 0. The number of benzene rings is 1. The fourth-order valence-corrected chi connectivity index (χ4v) is 2.51. The van der Waals surface area contributed by atoms with Crippen molar-refractivity contribution in [3.05, 3.63) is 40.0 Å². The lowest BCUT2D eigenvalue weighted by Crippen LogP contribution is -1.88. The van der Waals surface area contributed by atoms with Gasteiger partial charge in [0.25, 0.3) is 0 Å². The minimum atomic E-state index is 0.00770. The molecule has 0 aliphatic heterocycles. The Bertz CT molecular complexity index is 530. The maximum absolute atomic E-state index is 11.2. The zero-order valence-electron chi connectivity index (χ0n) is 8.95. The summed E-state index contributed by atoms with van der Waals surface area (Å²) >= 11 is 7.25. The van der Waals surface area contributed by atoms with Crippen molar-refractivity contribution in [1.29, 1.82) is 0 Å². The highest BCUT2D eigenvalue weighted by Gasteiger charge is 2.12. The Kier molecular flexibility index (Phi) is 3.08. The summed E-state index contributed by atoms with van der Waals surface area (Å²) in [7, 11) is 0. The first-order valence-electron chi connectivity index (χ1n) is 4.82. The number of aryl methyl sites for hydroxylation is 1. The number of carbonyl (C=O) groups is 1. The second kappa shape index (κ2) is 4.36. The highest BCUT2D eigenvalue weighted by atomic mass is 35.5. The molecule has 0 aliphatic carbocycles. The Morgan fingerprint density at radius 1 is 1.31 bits per heavy atom. The molecule has 1 heterocycles. The topological polar surface area (TPSA) is 30.0 Å². The van der Waals surface area contributed by atoms with Gasteiger partial charge in [0.2, 0.25) is 0 Å². The van der Waals surface area contributed by atoms with E-state index in [1.165, 1.54) is 18.3 Å². The van der Waals surface area contributed by atoms with Crippen LogP contribution in [-0.4, -0.2) is 10.8 Å². The number of Topliss-reactive ketones (excluding diaryl/α,β-unsaturated/α-hetero) is 1. The number of nitrogens with zero attached hydrogens (tertiary/aromatic N) is 1. The van der Waals surface area contributed by atoms with Gasteiger partial charge in [-0.25, -0.2) is 4.98 Å². The molecule has 16 heavy (non-hydrogen) atoms. The predicted molar refractivity (Wildman–Crippen MR) is 67.3 cm³/mol. The summed E-state index contributed by atoms with van der Waals surface area (Å²) in [4.78, 5) is 16.5. The number of aromatic nitrogens is 1. The molecule has 2 rings (SSSR count). The standard InChI is InChI=1S/C12H10ClNOS/c1-7-11(16-12(14-7)8(2)15)9-3-5-10(13)6-4-9/h3-6H,1-2H3. The highest BCUT2D eigenvalue weighted by Crippen LogP contribution is 2.30. The minimum absolute atomic E-state index is 0.00770. The van der Waals surface area contributed by atoms with E-state index in [2.05, 4.69) is 4.98 Å². The second-order valence-electron chi connectivity index (χ2n) is 3.50. The molecule has 0 fully saturated rings. The molecule has 0 spiro atoms. The highest BCUT2D eigenvalue weighted by molar-refractivity contribution is 7.17. The van der Waals surface area contributed by atoms with Crippen LogP contribution in [0, 0.1) is 6.92 Å². The molecule has 2 aromatic rings. The lowest BCUT2D eigenvalue weighted by Gasteiger charge is -1.97. The Balaban J connectivity index is 2.47. The Morgan fingerprint density at radius 3 is 2.44 bits per heavy atom. The van der Waals surface area contributed by atoms with Gasteiger partial charge in [-0.1, -0.05) is 23.7 Å². The van der Waals surface area contributed by atoms with Crippen LogP contribution in [0.3, 0.4) is 0 Å². The number of ketones is 1. The summed E-state index contributed by atoms with van der Waals surface area (Å²) in [5.74, 6) is 0.00770. The van der Waals surface area contributed by atoms with E-state index < -0.39 is 0 Å². The van der Waals surface area contributed by atoms with Crippen LogP contribution in [0.15, 0.2) is 24.3 Å². The largest absolute Gasteiger partial charge is 0.292 e. The number of thiazole rings is 1. The molecule has 0 aliphatic rings. The number of hydrogen-bond acceptors (Lipinski definition) is 3. The van der Waals surface area contributed by atoms with Gasteiger partial charge in [0.15, 0.2) is 10.8 Å². The molecule has 0 bridgehead atoms. The van der Waals surface area contributed by atoms with Crippen LogP contribution in [0.4, 0.5) is 0 Å². The monoisotopic (exact) mass is 251 g/mol. The maximum Gasteiger partial charge on any atom is 0.188 e. The molecule has 0 radical (unpaired) electrons. The Labute approximate surface area is 103 Å². The smallest absolute Gasteiger partial charge is 0.188 e. The van der Waals surface area contributed by atoms with Crippen molar-refractivity contribution in [2.24, 2.45) is 0 Å². The average Bonchev–Trinajstić information content (AvgIpc) is 2.62. The summed E-state index contributed by atoms with van der Waals surface area (Å²) in [6.07, 6.45) is 0. The zero-order chi connectivity index (χ0) is 11.7. The molecule has 0 N–H and O–H groups in total. The van der Waals surface area contributed by atoms with Gasteiger partial charge in [-0.05, 0) is 24.6 Å². The molecule has 0 saturated heterocycles. The van der Waals surface area contributed by atoms with E-state index >= 15 is 0 Å². The molecule has 1 aromatic heterocycles. The Hall–Kier alpha value is -1.19. The maximum atomic E-state index is 11.2. The molecule has 1 aromatic carbocycles. The number of rotatable bonds is 2. The van der Waals surface area contributed by atoms with Gasteiger partial charge in [-0.15, -0.1) is 11.3 Å². The SMILES string of the molecule is CC(=O)c1nc(C)c(-c2ccc(Cl)cc2)s1. The van der Waals surface area contributed by atoms with Crippen LogP contribution in [0.5, 0.6) is 0 Å².